The molecule has 1 heterocycles. The van der Waals surface area contributed by atoms with Gasteiger partial charge in [-0.25, -0.2) is 0 Å². The Morgan fingerprint density at radius 3 is 2.90 bits per heavy atom. The maximum absolute atomic E-state index is 12.3. The van der Waals surface area contributed by atoms with E-state index in [0.717, 1.165) is 25.8 Å². The van der Waals surface area contributed by atoms with Gasteiger partial charge in [0.1, 0.15) is 0 Å². The van der Waals surface area contributed by atoms with E-state index in [1.165, 1.54) is 11.1 Å². The Morgan fingerprint density at radius 1 is 1.45 bits per heavy atom. The van der Waals surface area contributed by atoms with Crippen molar-refractivity contribution in [3.63, 3.8) is 0 Å². The zero-order valence-corrected chi connectivity index (χ0v) is 12.3. The van der Waals surface area contributed by atoms with Crippen LogP contribution in [-0.2, 0) is 22.5 Å². The number of carbonyl (C=O) groups excluding carboxylic acids is 1. The van der Waals surface area contributed by atoms with Crippen LogP contribution in [0.4, 0.5) is 0 Å². The van der Waals surface area contributed by atoms with Crippen LogP contribution >= 0.6 is 0 Å². The molecule has 1 aliphatic heterocycles. The predicted molar refractivity (Wildman–Crippen MR) is 79.5 cm³/mol. The molecular weight excluding hydrogens is 252 g/mol. The average Bonchev–Trinajstić information content (AvgIpc) is 2.47. The van der Waals surface area contributed by atoms with Crippen molar-refractivity contribution in [2.75, 3.05) is 13.7 Å². The molecule has 110 valence electrons. The average molecular weight is 276 g/mol. The van der Waals surface area contributed by atoms with Crippen LogP contribution in [0.1, 0.15) is 30.9 Å². The summed E-state index contributed by atoms with van der Waals surface area (Å²) in [6, 6.07) is 8.26. The number of ether oxygens (including phenoxy) is 1. The highest BCUT2D eigenvalue weighted by atomic mass is 16.5. The smallest absolute Gasteiger partial charge is 0.237 e. The van der Waals surface area contributed by atoms with Gasteiger partial charge in [-0.15, -0.1) is 0 Å². The number of amides is 1. The van der Waals surface area contributed by atoms with Gasteiger partial charge in [0.2, 0.25) is 5.91 Å². The zero-order chi connectivity index (χ0) is 14.4. The fourth-order valence-corrected chi connectivity index (χ4v) is 2.69. The summed E-state index contributed by atoms with van der Waals surface area (Å²) in [6.45, 7) is 3.45. The third-order valence-corrected chi connectivity index (χ3v) is 3.75. The minimum absolute atomic E-state index is 0.0787. The number of fused-ring (bicyclic) bond motifs is 1. The monoisotopic (exact) mass is 276 g/mol. The number of nitrogens with one attached hydrogen (secondary N) is 2. The molecule has 2 unspecified atom stereocenters. The largest absolute Gasteiger partial charge is 0.383 e. The van der Waals surface area contributed by atoms with E-state index in [-0.39, 0.29) is 18.0 Å². The molecule has 4 nitrogen and oxygen atoms in total. The summed E-state index contributed by atoms with van der Waals surface area (Å²) in [4.78, 5) is 12.3. The fourth-order valence-electron chi connectivity index (χ4n) is 2.69. The van der Waals surface area contributed by atoms with E-state index in [1.807, 2.05) is 12.1 Å². The standard InChI is InChI=1S/C16H24N2O2/c1-3-6-14(11-20-2)18-16(19)15-9-12-7-4-5-8-13(12)10-17-15/h4-5,7-8,14-15,17H,3,6,9-11H2,1-2H3,(H,18,19). The van der Waals surface area contributed by atoms with Crippen molar-refractivity contribution in [1.29, 1.82) is 0 Å². The lowest BCUT2D eigenvalue weighted by Gasteiger charge is -2.27. The van der Waals surface area contributed by atoms with Crippen LogP contribution in [0.15, 0.2) is 24.3 Å². The molecule has 2 N–H and O–H groups in total. The van der Waals surface area contributed by atoms with Crippen LogP contribution in [0.5, 0.6) is 0 Å². The Hall–Kier alpha value is -1.39. The second-order valence-electron chi connectivity index (χ2n) is 5.36. The van der Waals surface area contributed by atoms with Crippen molar-refractivity contribution in [2.24, 2.45) is 0 Å². The molecule has 0 saturated carbocycles. The van der Waals surface area contributed by atoms with Crippen molar-refractivity contribution < 1.29 is 9.53 Å². The minimum Gasteiger partial charge on any atom is -0.383 e. The van der Waals surface area contributed by atoms with Gasteiger partial charge in [0.25, 0.3) is 0 Å². The number of hydrogen-bond donors (Lipinski definition) is 2. The zero-order valence-electron chi connectivity index (χ0n) is 12.3. The molecule has 0 bridgehead atoms. The first kappa shape index (κ1) is 15.0. The normalized spacial score (nSPS) is 19.2. The quantitative estimate of drug-likeness (QED) is 0.830. The summed E-state index contributed by atoms with van der Waals surface area (Å²) < 4.78 is 5.17. The second-order valence-corrected chi connectivity index (χ2v) is 5.36. The Balaban J connectivity index is 1.93. The first-order valence-corrected chi connectivity index (χ1v) is 7.34. The number of methoxy groups -OCH3 is 1. The van der Waals surface area contributed by atoms with Gasteiger partial charge in [0.15, 0.2) is 0 Å². The molecule has 0 radical (unpaired) electrons. The third kappa shape index (κ3) is 3.81. The van der Waals surface area contributed by atoms with Gasteiger partial charge in [0, 0.05) is 13.7 Å². The number of hydrogen-bond acceptors (Lipinski definition) is 3. The van der Waals surface area contributed by atoms with E-state index in [1.54, 1.807) is 7.11 Å². The summed E-state index contributed by atoms with van der Waals surface area (Å²) in [5.41, 5.74) is 2.56. The molecule has 1 amide bonds. The van der Waals surface area contributed by atoms with Crippen molar-refractivity contribution in [2.45, 2.75) is 44.8 Å². The van der Waals surface area contributed by atoms with Crippen LogP contribution in [0, 0.1) is 0 Å². The highest BCUT2D eigenvalue weighted by Crippen LogP contribution is 2.16. The van der Waals surface area contributed by atoms with Crippen LogP contribution in [-0.4, -0.2) is 31.7 Å². The lowest BCUT2D eigenvalue weighted by Crippen LogP contribution is -2.51. The second kappa shape index (κ2) is 7.41. The molecule has 2 rings (SSSR count). The van der Waals surface area contributed by atoms with Crippen LogP contribution in [0.2, 0.25) is 0 Å². The highest BCUT2D eigenvalue weighted by molar-refractivity contribution is 5.82. The van der Waals surface area contributed by atoms with E-state index >= 15 is 0 Å². The van der Waals surface area contributed by atoms with Gasteiger partial charge in [-0.2, -0.15) is 0 Å². The Labute approximate surface area is 120 Å². The predicted octanol–water partition coefficient (Wildman–Crippen LogP) is 1.63. The SMILES string of the molecule is CCCC(COC)NC(=O)C1Cc2ccccc2CN1. The topological polar surface area (TPSA) is 50.4 Å². The van der Waals surface area contributed by atoms with Gasteiger partial charge in [-0.1, -0.05) is 37.6 Å². The van der Waals surface area contributed by atoms with E-state index in [0.29, 0.717) is 6.61 Å². The molecule has 4 heteroatoms. The summed E-state index contributed by atoms with van der Waals surface area (Å²) in [5.74, 6) is 0.0787. The van der Waals surface area contributed by atoms with Crippen LogP contribution < -0.4 is 10.6 Å². The summed E-state index contributed by atoms with van der Waals surface area (Å²) >= 11 is 0. The van der Waals surface area contributed by atoms with E-state index in [2.05, 4.69) is 29.7 Å². The summed E-state index contributed by atoms with van der Waals surface area (Å²) in [6.07, 6.45) is 2.74. The van der Waals surface area contributed by atoms with Crippen LogP contribution in [0.25, 0.3) is 0 Å². The van der Waals surface area contributed by atoms with Crippen LogP contribution in [0.3, 0.4) is 0 Å². The fraction of sp³-hybridized carbons (Fsp3) is 0.562. The molecular formula is C16H24N2O2. The number of benzene rings is 1. The molecule has 20 heavy (non-hydrogen) atoms. The maximum atomic E-state index is 12.3. The van der Waals surface area contributed by atoms with Crippen molar-refractivity contribution in [3.8, 4) is 0 Å². The summed E-state index contributed by atoms with van der Waals surface area (Å²) in [5, 5.41) is 6.40. The minimum atomic E-state index is -0.138. The first-order chi connectivity index (χ1) is 9.74. The van der Waals surface area contributed by atoms with E-state index < -0.39 is 0 Å². The first-order valence-electron chi connectivity index (χ1n) is 7.34. The molecule has 1 aromatic carbocycles. The summed E-state index contributed by atoms with van der Waals surface area (Å²) in [7, 11) is 1.67. The molecule has 0 spiro atoms. The number of rotatable bonds is 6. The van der Waals surface area contributed by atoms with Gasteiger partial charge in [-0.05, 0) is 24.0 Å². The van der Waals surface area contributed by atoms with E-state index in [4.69, 9.17) is 4.74 Å². The molecule has 0 saturated heterocycles. The molecule has 1 aliphatic rings. The Kier molecular flexibility index (Phi) is 5.56. The van der Waals surface area contributed by atoms with Gasteiger partial charge in [-0.3, -0.25) is 4.79 Å². The maximum Gasteiger partial charge on any atom is 0.237 e. The molecule has 2 atom stereocenters. The van der Waals surface area contributed by atoms with Crippen molar-refractivity contribution in [3.05, 3.63) is 35.4 Å². The lowest BCUT2D eigenvalue weighted by atomic mass is 9.95. The van der Waals surface area contributed by atoms with E-state index in [9.17, 15) is 4.79 Å². The van der Waals surface area contributed by atoms with Crippen molar-refractivity contribution >= 4 is 5.91 Å². The highest BCUT2D eigenvalue weighted by Gasteiger charge is 2.25. The van der Waals surface area contributed by atoms with Gasteiger partial charge >= 0.3 is 0 Å². The molecule has 1 aromatic rings. The van der Waals surface area contributed by atoms with Gasteiger partial charge in [0.05, 0.1) is 18.7 Å². The van der Waals surface area contributed by atoms with Crippen molar-refractivity contribution in [1.82, 2.24) is 10.6 Å². The molecule has 0 aliphatic carbocycles. The molecule has 0 aromatic heterocycles. The Bertz CT molecular complexity index is 442. The number of carbonyl (C=O) groups is 1. The molecule has 0 fully saturated rings. The lowest BCUT2D eigenvalue weighted by molar-refractivity contribution is -0.124. The third-order valence-electron chi connectivity index (χ3n) is 3.75. The Morgan fingerprint density at radius 2 is 2.20 bits per heavy atom. The van der Waals surface area contributed by atoms with Gasteiger partial charge < -0.3 is 15.4 Å².